The van der Waals surface area contributed by atoms with Gasteiger partial charge in [-0.2, -0.15) is 5.06 Å². The second-order valence-corrected chi connectivity index (χ2v) is 8.77. The van der Waals surface area contributed by atoms with Crippen molar-refractivity contribution in [1.29, 1.82) is 0 Å². The number of nitrogens with one attached hydrogen (secondary N) is 1. The van der Waals surface area contributed by atoms with E-state index in [0.29, 0.717) is 11.5 Å². The minimum Gasteiger partial charge on any atom is -0.497 e. The Morgan fingerprint density at radius 2 is 1.71 bits per heavy atom. The van der Waals surface area contributed by atoms with Gasteiger partial charge in [0.15, 0.2) is 0 Å². The molecule has 7 nitrogen and oxygen atoms in total. The molecule has 1 aliphatic rings. The van der Waals surface area contributed by atoms with Crippen molar-refractivity contribution in [3.63, 3.8) is 0 Å². The number of sulfonamides is 1. The van der Waals surface area contributed by atoms with E-state index in [1.807, 2.05) is 20.8 Å². The van der Waals surface area contributed by atoms with Crippen LogP contribution in [0.5, 0.6) is 11.5 Å². The van der Waals surface area contributed by atoms with Crippen LogP contribution in [0, 0.1) is 0 Å². The molecule has 1 heterocycles. The van der Waals surface area contributed by atoms with Gasteiger partial charge in [0, 0.05) is 18.7 Å². The molecule has 1 saturated heterocycles. The molecular weight excluding hydrogens is 332 g/mol. The van der Waals surface area contributed by atoms with Crippen LogP contribution < -0.4 is 14.2 Å². The minimum absolute atomic E-state index is 0.0894. The van der Waals surface area contributed by atoms with Crippen molar-refractivity contribution < 1.29 is 22.7 Å². The molecule has 24 heavy (non-hydrogen) atoms. The molecule has 0 aliphatic carbocycles. The van der Waals surface area contributed by atoms with Crippen LogP contribution in [0.2, 0.25) is 0 Å². The number of hydrogen-bond acceptors (Lipinski definition) is 6. The maximum Gasteiger partial charge on any atom is 0.219 e. The van der Waals surface area contributed by atoms with Crippen LogP contribution >= 0.6 is 0 Å². The van der Waals surface area contributed by atoms with E-state index >= 15 is 0 Å². The van der Waals surface area contributed by atoms with Gasteiger partial charge >= 0.3 is 0 Å². The topological polar surface area (TPSA) is 77.1 Å². The maximum atomic E-state index is 12.8. The van der Waals surface area contributed by atoms with Crippen molar-refractivity contribution in [2.45, 2.75) is 37.6 Å². The fourth-order valence-electron chi connectivity index (χ4n) is 2.78. The van der Waals surface area contributed by atoms with Gasteiger partial charge in [-0.1, -0.05) is 0 Å². The molecule has 1 aromatic rings. The number of nitrogens with zero attached hydrogens (tertiary/aromatic N) is 1. The predicted octanol–water partition coefficient (Wildman–Crippen LogP) is 1.71. The summed E-state index contributed by atoms with van der Waals surface area (Å²) in [7, 11) is 1.26. The molecule has 0 saturated carbocycles. The second kappa shape index (κ2) is 6.87. The SMILES string of the molecule is COc1cc(OC)cc([C@@H]2[C@H](S(=O)(=O)NC(C)(C)C)CON2C)c1. The van der Waals surface area contributed by atoms with Crippen molar-refractivity contribution in [2.75, 3.05) is 27.9 Å². The average Bonchev–Trinajstić information content (AvgIpc) is 2.87. The fourth-order valence-corrected chi connectivity index (χ4v) is 4.70. The Balaban J connectivity index is 2.43. The molecule has 0 bridgehead atoms. The molecule has 0 spiro atoms. The Kier molecular flexibility index (Phi) is 5.44. The highest BCUT2D eigenvalue weighted by Crippen LogP contribution is 2.37. The van der Waals surface area contributed by atoms with Crippen molar-refractivity contribution in [3.8, 4) is 11.5 Å². The van der Waals surface area contributed by atoms with Crippen LogP contribution in [0.1, 0.15) is 32.4 Å². The van der Waals surface area contributed by atoms with E-state index in [4.69, 9.17) is 14.3 Å². The second-order valence-electron chi connectivity index (χ2n) is 6.87. The summed E-state index contributed by atoms with van der Waals surface area (Å²) in [5.74, 6) is 1.20. The van der Waals surface area contributed by atoms with Gasteiger partial charge < -0.3 is 9.47 Å². The van der Waals surface area contributed by atoms with E-state index in [0.717, 1.165) is 5.56 Å². The Morgan fingerprint density at radius 1 is 1.17 bits per heavy atom. The summed E-state index contributed by atoms with van der Waals surface area (Å²) in [5, 5.41) is 0.833. The van der Waals surface area contributed by atoms with Crippen LogP contribution in [0.3, 0.4) is 0 Å². The zero-order valence-electron chi connectivity index (χ0n) is 15.0. The minimum atomic E-state index is -3.59. The number of hydrogen-bond donors (Lipinski definition) is 1. The predicted molar refractivity (Wildman–Crippen MR) is 91.6 cm³/mol. The first-order chi connectivity index (χ1) is 11.1. The molecule has 1 aromatic carbocycles. The largest absolute Gasteiger partial charge is 0.497 e. The van der Waals surface area contributed by atoms with Gasteiger partial charge in [-0.3, -0.25) is 4.84 Å². The summed E-state index contributed by atoms with van der Waals surface area (Å²) in [6.07, 6.45) is 0. The third kappa shape index (κ3) is 4.18. The summed E-state index contributed by atoms with van der Waals surface area (Å²) >= 11 is 0. The monoisotopic (exact) mass is 358 g/mol. The number of hydroxylamine groups is 2. The van der Waals surface area contributed by atoms with Crippen LogP contribution in [0.4, 0.5) is 0 Å². The summed E-state index contributed by atoms with van der Waals surface area (Å²) < 4.78 is 38.9. The van der Waals surface area contributed by atoms with E-state index in [1.54, 1.807) is 44.5 Å². The zero-order chi connectivity index (χ0) is 18.1. The standard InChI is InChI=1S/C16H26N2O5S/c1-16(2,3)17-24(19,20)14-10-23-18(4)15(14)11-7-12(21-5)9-13(8-11)22-6/h7-9,14-15,17H,10H2,1-6H3/t14-,15-/m1/s1. The molecule has 2 rings (SSSR count). The van der Waals surface area contributed by atoms with Crippen molar-refractivity contribution in [1.82, 2.24) is 9.79 Å². The lowest BCUT2D eigenvalue weighted by Gasteiger charge is -2.27. The number of methoxy groups -OCH3 is 2. The smallest absolute Gasteiger partial charge is 0.219 e. The molecule has 1 aliphatic heterocycles. The van der Waals surface area contributed by atoms with Gasteiger partial charge in [0.25, 0.3) is 0 Å². The molecule has 8 heteroatoms. The highest BCUT2D eigenvalue weighted by Gasteiger charge is 2.44. The van der Waals surface area contributed by atoms with Gasteiger partial charge in [-0.05, 0) is 38.5 Å². The molecule has 1 fully saturated rings. The Labute approximate surface area is 143 Å². The number of ether oxygens (including phenoxy) is 2. The summed E-state index contributed by atoms with van der Waals surface area (Å²) in [5.41, 5.74) is 0.201. The van der Waals surface area contributed by atoms with Crippen LogP contribution in [0.25, 0.3) is 0 Å². The number of benzene rings is 1. The van der Waals surface area contributed by atoms with E-state index < -0.39 is 26.9 Å². The summed E-state index contributed by atoms with van der Waals surface area (Å²) in [6.45, 7) is 5.53. The fraction of sp³-hybridized carbons (Fsp3) is 0.625. The molecule has 0 aromatic heterocycles. The summed E-state index contributed by atoms with van der Waals surface area (Å²) in [4.78, 5) is 5.51. The first-order valence-corrected chi connectivity index (χ1v) is 9.23. The van der Waals surface area contributed by atoms with Crippen LogP contribution in [0.15, 0.2) is 18.2 Å². The normalized spacial score (nSPS) is 22.6. The average molecular weight is 358 g/mol. The molecular formula is C16H26N2O5S. The van der Waals surface area contributed by atoms with Crippen molar-refractivity contribution in [2.24, 2.45) is 0 Å². The first kappa shape index (κ1) is 19.0. The third-order valence-electron chi connectivity index (χ3n) is 3.75. The Hall–Kier alpha value is -1.35. The lowest BCUT2D eigenvalue weighted by Crippen LogP contribution is -2.47. The quantitative estimate of drug-likeness (QED) is 0.863. The lowest BCUT2D eigenvalue weighted by molar-refractivity contribution is -0.110. The molecule has 0 amide bonds. The highest BCUT2D eigenvalue weighted by atomic mass is 32.2. The first-order valence-electron chi connectivity index (χ1n) is 7.69. The van der Waals surface area contributed by atoms with Gasteiger partial charge in [-0.25, -0.2) is 13.1 Å². The highest BCUT2D eigenvalue weighted by molar-refractivity contribution is 7.90. The van der Waals surface area contributed by atoms with Crippen LogP contribution in [-0.4, -0.2) is 52.1 Å². The molecule has 0 unspecified atom stereocenters. The van der Waals surface area contributed by atoms with E-state index in [-0.39, 0.29) is 6.61 Å². The maximum absolute atomic E-state index is 12.8. The van der Waals surface area contributed by atoms with E-state index in [9.17, 15) is 8.42 Å². The van der Waals surface area contributed by atoms with Gasteiger partial charge in [0.05, 0.1) is 26.9 Å². The third-order valence-corrected chi connectivity index (χ3v) is 5.84. The Bertz CT molecular complexity index is 662. The lowest BCUT2D eigenvalue weighted by atomic mass is 10.0. The van der Waals surface area contributed by atoms with Gasteiger partial charge in [0.2, 0.25) is 10.0 Å². The molecule has 1 N–H and O–H groups in total. The van der Waals surface area contributed by atoms with E-state index in [1.165, 1.54) is 0 Å². The Morgan fingerprint density at radius 3 is 2.17 bits per heavy atom. The summed E-state index contributed by atoms with van der Waals surface area (Å²) in [6, 6.07) is 4.89. The molecule has 0 radical (unpaired) electrons. The molecule has 2 atom stereocenters. The van der Waals surface area contributed by atoms with Crippen molar-refractivity contribution in [3.05, 3.63) is 23.8 Å². The van der Waals surface area contributed by atoms with Gasteiger partial charge in [-0.15, -0.1) is 0 Å². The number of rotatable bonds is 5. The zero-order valence-corrected chi connectivity index (χ0v) is 15.8. The van der Waals surface area contributed by atoms with Crippen molar-refractivity contribution >= 4 is 10.0 Å². The molecule has 136 valence electrons. The van der Waals surface area contributed by atoms with Crippen LogP contribution in [-0.2, 0) is 14.9 Å². The van der Waals surface area contributed by atoms with E-state index in [2.05, 4.69) is 4.72 Å². The van der Waals surface area contributed by atoms with Gasteiger partial charge in [0.1, 0.15) is 16.7 Å².